The number of carbonyl (C=O) groups excluding carboxylic acids is 3. The van der Waals surface area contributed by atoms with E-state index in [0.717, 1.165) is 11.0 Å². The first kappa shape index (κ1) is 22.0. The number of halogens is 1. The second-order valence-corrected chi connectivity index (χ2v) is 7.19. The molecule has 8 nitrogen and oxygen atoms in total. The predicted octanol–water partition coefficient (Wildman–Crippen LogP) is 2.65. The van der Waals surface area contributed by atoms with Crippen molar-refractivity contribution in [2.24, 2.45) is 0 Å². The first-order valence-corrected chi connectivity index (χ1v) is 9.65. The zero-order valence-corrected chi connectivity index (χ0v) is 17.3. The lowest BCUT2D eigenvalue weighted by atomic mass is 10.1. The van der Waals surface area contributed by atoms with Gasteiger partial charge in [-0.25, -0.2) is 9.69 Å². The van der Waals surface area contributed by atoms with Crippen molar-refractivity contribution in [3.05, 3.63) is 71.3 Å². The molecule has 31 heavy (non-hydrogen) atoms. The lowest BCUT2D eigenvalue weighted by Gasteiger charge is -2.26. The minimum atomic E-state index is -1.30. The molecule has 1 heterocycles. The number of carbonyl (C=O) groups is 4. The van der Waals surface area contributed by atoms with E-state index in [0.29, 0.717) is 28.1 Å². The van der Waals surface area contributed by atoms with Crippen molar-refractivity contribution >= 4 is 41.0 Å². The van der Waals surface area contributed by atoms with E-state index >= 15 is 0 Å². The van der Waals surface area contributed by atoms with Gasteiger partial charge in [-0.15, -0.1) is 0 Å². The fourth-order valence-electron chi connectivity index (χ4n) is 3.23. The summed E-state index contributed by atoms with van der Waals surface area (Å²) in [6, 6.07) is 12.0. The zero-order valence-electron chi connectivity index (χ0n) is 16.5. The van der Waals surface area contributed by atoms with Crippen LogP contribution in [-0.2, 0) is 25.7 Å². The summed E-state index contributed by atoms with van der Waals surface area (Å²) in [5.41, 5.74) is 1.03. The van der Waals surface area contributed by atoms with Crippen LogP contribution in [0.25, 0.3) is 0 Å². The molecule has 9 heteroatoms. The molecule has 1 fully saturated rings. The molecule has 1 aliphatic rings. The number of amides is 3. The van der Waals surface area contributed by atoms with Gasteiger partial charge in [-0.1, -0.05) is 23.7 Å². The maximum Gasteiger partial charge on any atom is 0.328 e. The third kappa shape index (κ3) is 5.10. The van der Waals surface area contributed by atoms with Gasteiger partial charge in [0.2, 0.25) is 11.8 Å². The van der Waals surface area contributed by atoms with Gasteiger partial charge in [0.05, 0.1) is 19.2 Å². The molecule has 3 amide bonds. The maximum absolute atomic E-state index is 13.1. The molecule has 0 radical (unpaired) electrons. The number of rotatable bonds is 7. The molecule has 160 valence electrons. The predicted molar refractivity (Wildman–Crippen MR) is 113 cm³/mol. The normalized spacial score (nSPS) is 16.1. The van der Waals surface area contributed by atoms with E-state index in [4.69, 9.17) is 21.4 Å². The Balaban J connectivity index is 1.91. The van der Waals surface area contributed by atoms with Crippen LogP contribution in [-0.4, -0.2) is 46.8 Å². The summed E-state index contributed by atoms with van der Waals surface area (Å²) >= 11 is 5.88. The lowest BCUT2D eigenvalue weighted by molar-refractivity contribution is -0.135. The van der Waals surface area contributed by atoms with Crippen LogP contribution in [0.2, 0.25) is 5.02 Å². The summed E-state index contributed by atoms with van der Waals surface area (Å²) in [5, 5.41) is 9.31. The zero-order chi connectivity index (χ0) is 22.5. The highest BCUT2D eigenvalue weighted by Crippen LogP contribution is 2.28. The monoisotopic (exact) mass is 442 g/mol. The maximum atomic E-state index is 13.1. The molecule has 1 N–H and O–H groups in total. The van der Waals surface area contributed by atoms with Gasteiger partial charge in [0.15, 0.2) is 0 Å². The Labute approximate surface area is 183 Å². The molecule has 1 unspecified atom stereocenters. The largest absolute Gasteiger partial charge is 0.497 e. The Bertz CT molecular complexity index is 1030. The van der Waals surface area contributed by atoms with Crippen molar-refractivity contribution in [1.82, 2.24) is 4.90 Å². The van der Waals surface area contributed by atoms with E-state index in [-0.39, 0.29) is 13.0 Å². The van der Waals surface area contributed by atoms with E-state index in [1.54, 1.807) is 48.5 Å². The Morgan fingerprint density at radius 2 is 1.77 bits per heavy atom. The van der Waals surface area contributed by atoms with Crippen LogP contribution in [0.3, 0.4) is 0 Å². The van der Waals surface area contributed by atoms with Crippen LogP contribution in [0.4, 0.5) is 5.69 Å². The molecule has 2 aromatic rings. The minimum absolute atomic E-state index is 0.00489. The van der Waals surface area contributed by atoms with Crippen molar-refractivity contribution < 1.29 is 29.0 Å². The average molecular weight is 443 g/mol. The van der Waals surface area contributed by atoms with Gasteiger partial charge in [0.25, 0.3) is 5.91 Å². The number of carboxylic acids is 1. The first-order valence-electron chi connectivity index (χ1n) is 9.27. The van der Waals surface area contributed by atoms with Gasteiger partial charge in [0, 0.05) is 23.7 Å². The third-order valence-corrected chi connectivity index (χ3v) is 5.00. The van der Waals surface area contributed by atoms with Gasteiger partial charge in [-0.3, -0.25) is 14.4 Å². The number of hydrogen-bond donors (Lipinski definition) is 1. The van der Waals surface area contributed by atoms with Crippen molar-refractivity contribution in [2.45, 2.75) is 19.0 Å². The Kier molecular flexibility index (Phi) is 6.71. The van der Waals surface area contributed by atoms with Gasteiger partial charge in [-0.05, 0) is 42.0 Å². The third-order valence-electron chi connectivity index (χ3n) is 4.75. The fraction of sp³-hybridized carbons (Fsp3) is 0.182. The van der Waals surface area contributed by atoms with E-state index in [1.165, 1.54) is 12.0 Å². The van der Waals surface area contributed by atoms with Gasteiger partial charge in [0.1, 0.15) is 11.8 Å². The van der Waals surface area contributed by atoms with Gasteiger partial charge < -0.3 is 14.7 Å². The van der Waals surface area contributed by atoms with Crippen LogP contribution >= 0.6 is 11.6 Å². The van der Waals surface area contributed by atoms with Crippen LogP contribution in [0.15, 0.2) is 60.7 Å². The quantitative estimate of drug-likeness (QED) is 0.522. The second-order valence-electron chi connectivity index (χ2n) is 6.75. The number of carboxylic acid groups (broad SMARTS) is 1. The first-order chi connectivity index (χ1) is 14.8. The molecule has 0 spiro atoms. The smallest absolute Gasteiger partial charge is 0.328 e. The highest BCUT2D eigenvalue weighted by atomic mass is 35.5. The number of aliphatic carboxylic acids is 1. The number of anilines is 1. The number of ether oxygens (including phenoxy) is 1. The number of hydrogen-bond acceptors (Lipinski definition) is 5. The molecular weight excluding hydrogens is 424 g/mol. The van der Waals surface area contributed by atoms with Crippen molar-refractivity contribution in [1.29, 1.82) is 0 Å². The van der Waals surface area contributed by atoms with Crippen molar-refractivity contribution in [2.75, 3.05) is 12.0 Å². The van der Waals surface area contributed by atoms with Gasteiger partial charge >= 0.3 is 5.97 Å². The van der Waals surface area contributed by atoms with E-state index < -0.39 is 29.7 Å². The summed E-state index contributed by atoms with van der Waals surface area (Å²) in [6.45, 7) is 0.00489. The van der Waals surface area contributed by atoms with Gasteiger partial charge in [-0.2, -0.15) is 0 Å². The number of imide groups is 1. The number of nitrogens with zero attached hydrogens (tertiary/aromatic N) is 2. The topological polar surface area (TPSA) is 104 Å². The van der Waals surface area contributed by atoms with Crippen molar-refractivity contribution in [3.63, 3.8) is 0 Å². The van der Waals surface area contributed by atoms with E-state index in [1.807, 2.05) is 0 Å². The fourth-order valence-corrected chi connectivity index (χ4v) is 3.35. The SMILES string of the molecule is COc1ccc(CN(C(=O)C=CC(=O)O)C2CC(=O)N(c3ccc(Cl)cc3)C2=O)cc1. The molecule has 1 saturated heterocycles. The molecule has 1 atom stereocenters. The highest BCUT2D eigenvalue weighted by Gasteiger charge is 2.44. The summed E-state index contributed by atoms with van der Waals surface area (Å²) in [6.07, 6.45) is 1.35. The average Bonchev–Trinajstić information content (AvgIpc) is 3.05. The molecule has 0 aliphatic carbocycles. The van der Waals surface area contributed by atoms with Crippen molar-refractivity contribution in [3.8, 4) is 5.75 Å². The summed E-state index contributed by atoms with van der Waals surface area (Å²) in [4.78, 5) is 51.5. The molecule has 0 bridgehead atoms. The molecule has 0 aromatic heterocycles. The Hall–Kier alpha value is -3.65. The highest BCUT2D eigenvalue weighted by molar-refractivity contribution is 6.31. The minimum Gasteiger partial charge on any atom is -0.497 e. The molecule has 3 rings (SSSR count). The molecule has 1 aliphatic heterocycles. The summed E-state index contributed by atoms with van der Waals surface area (Å²) < 4.78 is 5.12. The Morgan fingerprint density at radius 1 is 1.13 bits per heavy atom. The summed E-state index contributed by atoms with van der Waals surface area (Å²) in [5.74, 6) is -2.41. The van der Waals surface area contributed by atoms with E-state index in [2.05, 4.69) is 0 Å². The van der Waals surface area contributed by atoms with E-state index in [9.17, 15) is 19.2 Å². The molecule has 2 aromatic carbocycles. The second kappa shape index (κ2) is 9.44. The van der Waals surface area contributed by atoms with Crippen LogP contribution < -0.4 is 9.64 Å². The standard InChI is InChI=1S/C22H19ClN2O6/c1-31-17-8-2-14(3-9-17)13-24(19(26)10-11-21(28)29)18-12-20(27)25(22(18)30)16-6-4-15(23)5-7-16/h2-11,18H,12-13H2,1H3,(H,28,29). The van der Waals surface area contributed by atoms with Crippen LogP contribution in [0, 0.1) is 0 Å². The Morgan fingerprint density at radius 3 is 2.35 bits per heavy atom. The number of benzene rings is 2. The molecule has 0 saturated carbocycles. The van der Waals surface area contributed by atoms with Crippen LogP contribution in [0.5, 0.6) is 5.75 Å². The number of methoxy groups -OCH3 is 1. The lowest BCUT2D eigenvalue weighted by Crippen LogP contribution is -2.44. The summed E-state index contributed by atoms with van der Waals surface area (Å²) in [7, 11) is 1.52. The molecular formula is C22H19ClN2O6. The van der Waals surface area contributed by atoms with Crippen LogP contribution in [0.1, 0.15) is 12.0 Å².